The Kier molecular flexibility index (Phi) is 16.4. The van der Waals surface area contributed by atoms with Crippen LogP contribution < -0.4 is 26.4 Å². The van der Waals surface area contributed by atoms with Crippen LogP contribution in [0.2, 0.25) is 0 Å². The molecule has 6 rings (SSSR count). The van der Waals surface area contributed by atoms with Crippen LogP contribution in [0.3, 0.4) is 0 Å². The average molecular weight is 1130 g/mol. The lowest BCUT2D eigenvalue weighted by Gasteiger charge is -2.46. The summed E-state index contributed by atoms with van der Waals surface area (Å²) in [5.74, 6) is -0.403. The lowest BCUT2D eigenvalue weighted by Crippen LogP contribution is -2.75. The number of hydrogen-bond donors (Lipinski definition) is 0. The van der Waals surface area contributed by atoms with Gasteiger partial charge in [-0.2, -0.15) is 132 Å². The van der Waals surface area contributed by atoms with E-state index in [9.17, 15) is 110 Å². The summed E-state index contributed by atoms with van der Waals surface area (Å²) in [6.07, 6.45) is -49.6. The second-order valence-corrected chi connectivity index (χ2v) is 17.8. The summed E-state index contributed by atoms with van der Waals surface area (Å²) in [4.78, 5) is 16.0. The van der Waals surface area contributed by atoms with Crippen LogP contribution in [0.15, 0.2) is 122 Å². The Labute approximate surface area is 417 Å². The Morgan fingerprint density at radius 1 is 0.429 bits per heavy atom. The molecule has 0 fully saturated rings. The van der Waals surface area contributed by atoms with Crippen LogP contribution in [0, 0.1) is 0 Å². The molecule has 0 saturated carbocycles. The van der Waals surface area contributed by atoms with Gasteiger partial charge >= 0.3 is 55.4 Å². The molecule has 6 aromatic rings. The standard InChI is InChI=1S/C32H12BF24.C16H19N2O2/c34-25(35,36)13-1-14(26(37,38)39)6-21(5-13)33(22-7-15(27(40,41)42)2-16(8-22)28(43,44)45,23-9-17(29(46,47)48)3-18(10-23)30(49,50)51)24-11-19(31(52,53)54)4-20(12-24)32(55,56)57;1-16(2,3)20-15(19)14-12-18(10-9-17-14)11-13-7-5-4-6-8-13/h1-12H;4-10,12H,11H2,1-3H3/q-1;+1. The van der Waals surface area contributed by atoms with Gasteiger partial charge in [-0.1, -0.05) is 78.9 Å². The van der Waals surface area contributed by atoms with E-state index >= 15 is 0 Å². The second-order valence-electron chi connectivity index (χ2n) is 17.8. The number of hydrogen-bond acceptors (Lipinski definition) is 3. The average Bonchev–Trinajstić information content (AvgIpc) is 3.27. The van der Waals surface area contributed by atoms with Crippen LogP contribution in [0.5, 0.6) is 0 Å². The number of carbonyl (C=O) groups excluding carboxylic acids is 1. The van der Waals surface area contributed by atoms with E-state index in [1.165, 1.54) is 5.56 Å². The molecule has 1 aromatic heterocycles. The van der Waals surface area contributed by atoms with Crippen molar-refractivity contribution in [2.45, 2.75) is 82.3 Å². The number of ether oxygens (including phenoxy) is 1. The molecular formula is C48H31BF24N2O2. The highest BCUT2D eigenvalue weighted by atomic mass is 19.4. The summed E-state index contributed by atoms with van der Waals surface area (Å²) in [7, 11) is 0. The Bertz CT molecular complexity index is 2650. The minimum absolute atomic E-state index is 0.318. The molecule has 29 heteroatoms. The molecule has 0 aliphatic rings. The van der Waals surface area contributed by atoms with Gasteiger partial charge in [-0.15, -0.1) is 0 Å². The van der Waals surface area contributed by atoms with E-state index in [2.05, 4.69) is 4.98 Å². The van der Waals surface area contributed by atoms with Crippen LogP contribution in [0.4, 0.5) is 105 Å². The van der Waals surface area contributed by atoms with Crippen molar-refractivity contribution < 1.29 is 119 Å². The van der Waals surface area contributed by atoms with E-state index in [0.29, 0.717) is 12.2 Å². The smallest absolute Gasteiger partial charge is 0.416 e. The Morgan fingerprint density at radius 2 is 0.688 bits per heavy atom. The fourth-order valence-electron chi connectivity index (χ4n) is 7.83. The molecule has 1 heterocycles. The van der Waals surface area contributed by atoms with E-state index in [1.807, 2.05) is 61.9 Å². The molecular weight excluding hydrogens is 1100 g/mol. The van der Waals surface area contributed by atoms with Crippen LogP contribution >= 0.6 is 0 Å². The molecule has 0 radical (unpaired) electrons. The summed E-state index contributed by atoms with van der Waals surface area (Å²) in [5.41, 5.74) is -29.2. The highest BCUT2D eigenvalue weighted by Gasteiger charge is 2.47. The van der Waals surface area contributed by atoms with Gasteiger partial charge in [0.15, 0.2) is 12.7 Å². The first-order chi connectivity index (χ1) is 34.7. The summed E-state index contributed by atoms with van der Waals surface area (Å²) in [6, 6.07) is 1.24. The number of benzene rings is 5. The predicted molar refractivity (Wildman–Crippen MR) is 225 cm³/mol. The second kappa shape index (κ2) is 20.8. The van der Waals surface area contributed by atoms with Crippen molar-refractivity contribution in [3.8, 4) is 0 Å². The van der Waals surface area contributed by atoms with Gasteiger partial charge < -0.3 is 4.74 Å². The van der Waals surface area contributed by atoms with Crippen LogP contribution in [-0.2, 0) is 60.7 Å². The normalized spacial score (nSPS) is 13.5. The summed E-state index contributed by atoms with van der Waals surface area (Å²) >= 11 is 0. The number of aromatic nitrogens is 2. The summed E-state index contributed by atoms with van der Waals surface area (Å²) in [6.45, 7) is 6.21. The number of alkyl halides is 24. The van der Waals surface area contributed by atoms with E-state index < -0.39 is 206 Å². The van der Waals surface area contributed by atoms with Gasteiger partial charge in [-0.05, 0) is 45.0 Å². The molecule has 4 nitrogen and oxygen atoms in total. The van der Waals surface area contributed by atoms with Crippen LogP contribution in [-0.4, -0.2) is 22.7 Å². The van der Waals surface area contributed by atoms with Crippen molar-refractivity contribution >= 4 is 34.0 Å². The third-order valence-corrected chi connectivity index (χ3v) is 11.0. The fraction of sp³-hybridized carbons (Fsp3) is 0.271. The maximum absolute atomic E-state index is 14.2. The summed E-state index contributed by atoms with van der Waals surface area (Å²) in [5, 5.41) is 0. The zero-order valence-corrected chi connectivity index (χ0v) is 38.6. The molecule has 77 heavy (non-hydrogen) atoms. The van der Waals surface area contributed by atoms with E-state index in [1.54, 1.807) is 12.4 Å². The lowest BCUT2D eigenvalue weighted by molar-refractivity contribution is -0.689. The van der Waals surface area contributed by atoms with Crippen LogP contribution in [0.25, 0.3) is 0 Å². The van der Waals surface area contributed by atoms with Crippen molar-refractivity contribution in [2.75, 3.05) is 0 Å². The molecule has 0 aliphatic carbocycles. The maximum atomic E-state index is 14.2. The molecule has 0 aliphatic heterocycles. The molecule has 416 valence electrons. The van der Waals surface area contributed by atoms with Crippen molar-refractivity contribution in [3.63, 3.8) is 0 Å². The number of nitrogens with zero attached hydrogens (tertiary/aromatic N) is 2. The predicted octanol–water partition coefficient (Wildman–Crippen LogP) is 13.6. The number of rotatable bonds is 7. The van der Waals surface area contributed by atoms with E-state index in [0.717, 1.165) is 0 Å². The molecule has 0 unspecified atom stereocenters. The zero-order valence-electron chi connectivity index (χ0n) is 38.6. The minimum Gasteiger partial charge on any atom is -0.455 e. The lowest BCUT2D eigenvalue weighted by atomic mass is 9.12. The van der Waals surface area contributed by atoms with Crippen molar-refractivity contribution in [3.05, 3.63) is 177 Å². The highest BCUT2D eigenvalue weighted by Crippen LogP contribution is 2.41. The Morgan fingerprint density at radius 3 is 0.922 bits per heavy atom. The third-order valence-electron chi connectivity index (χ3n) is 11.0. The van der Waals surface area contributed by atoms with Gasteiger partial charge in [0.05, 0.1) is 50.7 Å². The number of esters is 1. The van der Waals surface area contributed by atoms with Crippen LogP contribution in [0.1, 0.15) is 81.3 Å². The van der Waals surface area contributed by atoms with Crippen molar-refractivity contribution in [1.82, 2.24) is 4.98 Å². The SMILES string of the molecule is CC(C)(C)OC(=O)c1c[n+](Cc2ccccc2)ccn1.FC(F)(F)c1cc([B-](c2cc(C(F)(F)F)cc(C(F)(F)F)c2)(c2cc(C(F)(F)F)cc(C(F)(F)F)c2)c2cc(C(F)(F)F)cc(C(F)(F)F)c2)cc(C(F)(F)F)c1. The maximum Gasteiger partial charge on any atom is 0.416 e. The number of halogens is 24. The van der Waals surface area contributed by atoms with Gasteiger partial charge in [0, 0.05) is 5.56 Å². The topological polar surface area (TPSA) is 43.1 Å². The third kappa shape index (κ3) is 15.0. The molecule has 0 amide bonds. The van der Waals surface area contributed by atoms with Gasteiger partial charge in [0.1, 0.15) is 11.7 Å². The molecule has 0 bridgehead atoms. The van der Waals surface area contributed by atoms with Gasteiger partial charge in [-0.25, -0.2) is 9.78 Å². The van der Waals surface area contributed by atoms with Gasteiger partial charge in [0.2, 0.25) is 11.9 Å². The Balaban J connectivity index is 0.000000455. The molecule has 0 spiro atoms. The largest absolute Gasteiger partial charge is 0.455 e. The Hall–Kier alpha value is -6.97. The molecule has 5 aromatic carbocycles. The van der Waals surface area contributed by atoms with Gasteiger partial charge in [0.25, 0.3) is 0 Å². The first kappa shape index (κ1) is 60.9. The quantitative estimate of drug-likeness (QED) is 0.0692. The van der Waals surface area contributed by atoms with E-state index in [-0.39, 0.29) is 0 Å². The molecule has 0 atom stereocenters. The fourth-order valence-corrected chi connectivity index (χ4v) is 7.83. The van der Waals surface area contributed by atoms with Crippen molar-refractivity contribution in [2.24, 2.45) is 0 Å². The number of carbonyl (C=O) groups is 1. The first-order valence-electron chi connectivity index (χ1n) is 21.2. The van der Waals surface area contributed by atoms with Gasteiger partial charge in [-0.3, -0.25) is 0 Å². The minimum atomic E-state index is -6.13. The highest BCUT2D eigenvalue weighted by molar-refractivity contribution is 7.20. The first-order valence-corrected chi connectivity index (χ1v) is 21.2. The monoisotopic (exact) mass is 1130 g/mol. The molecule has 0 N–H and O–H groups in total. The molecule has 0 saturated heterocycles. The van der Waals surface area contributed by atoms with Crippen molar-refractivity contribution in [1.29, 1.82) is 0 Å². The van der Waals surface area contributed by atoms with E-state index in [4.69, 9.17) is 4.74 Å². The summed E-state index contributed by atoms with van der Waals surface area (Å²) < 4.78 is 348. The zero-order chi connectivity index (χ0) is 58.5.